The summed E-state index contributed by atoms with van der Waals surface area (Å²) in [7, 11) is 0. The van der Waals surface area contributed by atoms with Gasteiger partial charge in [-0.1, -0.05) is 0 Å². The van der Waals surface area contributed by atoms with Crippen LogP contribution in [0.25, 0.3) is 0 Å². The lowest BCUT2D eigenvalue weighted by atomic mass is 10.0. The van der Waals surface area contributed by atoms with Crippen LogP contribution >= 0.6 is 0 Å². The van der Waals surface area contributed by atoms with E-state index in [1.807, 2.05) is 0 Å². The number of imidazole rings is 1. The van der Waals surface area contributed by atoms with Crippen molar-refractivity contribution < 1.29 is 18.3 Å². The maximum absolute atomic E-state index is 12.7. The van der Waals surface area contributed by atoms with Crippen molar-refractivity contribution >= 4 is 6.09 Å². The molecule has 1 atom stereocenters. The number of nitrogens with two attached hydrogens (primary N) is 1. The third-order valence-electron chi connectivity index (χ3n) is 2.19. The molecule has 0 bridgehead atoms. The first-order valence-electron chi connectivity index (χ1n) is 5.39. The Hall–Kier alpha value is -1.50. The van der Waals surface area contributed by atoms with Gasteiger partial charge in [0.1, 0.15) is 17.5 Å². The fraction of sp³-hybridized carbons (Fsp3) is 0.636. The molecule has 0 aliphatic rings. The number of carbonyl (C=O) groups is 1. The van der Waals surface area contributed by atoms with Gasteiger partial charge in [-0.3, -0.25) is 0 Å². The monoisotopic (exact) mass is 261 g/mol. The number of ether oxygens (including phenoxy) is 1. The molecule has 1 aromatic heterocycles. The highest BCUT2D eigenvalue weighted by molar-refractivity contribution is 5.70. The van der Waals surface area contributed by atoms with Crippen LogP contribution in [0.15, 0.2) is 12.5 Å². The van der Waals surface area contributed by atoms with Gasteiger partial charge < -0.3 is 10.5 Å². The Morgan fingerprint density at radius 1 is 1.44 bits per heavy atom. The summed E-state index contributed by atoms with van der Waals surface area (Å²) in [5.74, 6) is 0. The summed E-state index contributed by atoms with van der Waals surface area (Å²) in [6, 6.07) is 0. The third kappa shape index (κ3) is 3.25. The Morgan fingerprint density at radius 3 is 2.44 bits per heavy atom. The molecule has 0 aliphatic carbocycles. The van der Waals surface area contributed by atoms with Crippen LogP contribution < -0.4 is 5.73 Å². The first-order chi connectivity index (χ1) is 8.04. The van der Waals surface area contributed by atoms with Crippen molar-refractivity contribution in [2.24, 2.45) is 5.73 Å². The van der Waals surface area contributed by atoms with Gasteiger partial charge in [0.25, 0.3) is 6.43 Å². The van der Waals surface area contributed by atoms with Gasteiger partial charge in [-0.15, -0.1) is 0 Å². The summed E-state index contributed by atoms with van der Waals surface area (Å²) >= 11 is 0. The van der Waals surface area contributed by atoms with Gasteiger partial charge in [-0.25, -0.2) is 23.1 Å². The minimum absolute atomic E-state index is 0.0663. The predicted molar refractivity (Wildman–Crippen MR) is 61.4 cm³/mol. The van der Waals surface area contributed by atoms with E-state index in [4.69, 9.17) is 10.5 Å². The van der Waals surface area contributed by atoms with Gasteiger partial charge in [-0.2, -0.15) is 0 Å². The van der Waals surface area contributed by atoms with Crippen LogP contribution in [0.2, 0.25) is 0 Å². The molecule has 1 unspecified atom stereocenters. The average molecular weight is 261 g/mol. The lowest BCUT2D eigenvalue weighted by Gasteiger charge is -2.21. The number of nitrogens with zero attached hydrogens (tertiary/aromatic N) is 2. The number of hydrogen-bond acceptors (Lipinski definition) is 4. The smallest absolute Gasteiger partial charge is 0.419 e. The topological polar surface area (TPSA) is 70.1 Å². The number of halogens is 2. The first kappa shape index (κ1) is 14.6. The molecule has 1 heterocycles. The molecule has 102 valence electrons. The highest BCUT2D eigenvalue weighted by Crippen LogP contribution is 2.23. The van der Waals surface area contributed by atoms with Gasteiger partial charge in [0.05, 0.1) is 5.69 Å². The van der Waals surface area contributed by atoms with E-state index in [2.05, 4.69) is 4.98 Å². The van der Waals surface area contributed by atoms with Gasteiger partial charge in [0.2, 0.25) is 0 Å². The van der Waals surface area contributed by atoms with Crippen molar-refractivity contribution in [3.8, 4) is 0 Å². The predicted octanol–water partition coefficient (Wildman–Crippen LogP) is 2.11. The molecule has 0 radical (unpaired) electrons. The minimum Gasteiger partial charge on any atom is -0.443 e. The second-order valence-electron chi connectivity index (χ2n) is 5.23. The van der Waals surface area contributed by atoms with E-state index < -0.39 is 23.7 Å². The van der Waals surface area contributed by atoms with Gasteiger partial charge in [0, 0.05) is 6.20 Å². The highest BCUT2D eigenvalue weighted by Gasteiger charge is 2.35. The molecule has 0 amide bonds. The zero-order valence-corrected chi connectivity index (χ0v) is 10.8. The second-order valence-corrected chi connectivity index (χ2v) is 5.23. The van der Waals surface area contributed by atoms with Gasteiger partial charge in [0.15, 0.2) is 0 Å². The maximum atomic E-state index is 12.7. The summed E-state index contributed by atoms with van der Waals surface area (Å²) in [6.45, 7) is 6.26. The molecule has 1 rings (SSSR count). The number of alkyl halides is 2. The molecule has 0 spiro atoms. The van der Waals surface area contributed by atoms with Crippen LogP contribution in [0, 0.1) is 0 Å². The quantitative estimate of drug-likeness (QED) is 0.885. The van der Waals surface area contributed by atoms with Crippen molar-refractivity contribution in [3.63, 3.8) is 0 Å². The maximum Gasteiger partial charge on any atom is 0.419 e. The summed E-state index contributed by atoms with van der Waals surface area (Å²) < 4.78 is 31.4. The zero-order chi connectivity index (χ0) is 14.1. The van der Waals surface area contributed by atoms with E-state index in [0.29, 0.717) is 0 Å². The molecule has 0 saturated heterocycles. The van der Waals surface area contributed by atoms with E-state index >= 15 is 0 Å². The van der Waals surface area contributed by atoms with E-state index in [0.717, 1.165) is 24.0 Å². The first-order valence-corrected chi connectivity index (χ1v) is 5.39. The van der Waals surface area contributed by atoms with Crippen LogP contribution in [-0.4, -0.2) is 27.7 Å². The molecule has 0 saturated carbocycles. The molecule has 0 fully saturated rings. The summed E-state index contributed by atoms with van der Waals surface area (Å²) in [5.41, 5.74) is 2.81. The van der Waals surface area contributed by atoms with Crippen LogP contribution in [0.4, 0.5) is 13.6 Å². The second kappa shape index (κ2) is 4.64. The van der Waals surface area contributed by atoms with Crippen molar-refractivity contribution in [1.29, 1.82) is 0 Å². The van der Waals surface area contributed by atoms with Crippen LogP contribution in [-0.2, 0) is 10.3 Å². The number of carbonyl (C=O) groups excluding carboxylic acids is 1. The molecule has 7 heteroatoms. The number of hydrogen-bond donors (Lipinski definition) is 1. The Bertz CT molecular complexity index is 436. The van der Waals surface area contributed by atoms with Crippen LogP contribution in [0.5, 0.6) is 0 Å². The van der Waals surface area contributed by atoms with Crippen molar-refractivity contribution in [2.45, 2.75) is 45.3 Å². The van der Waals surface area contributed by atoms with E-state index in [1.165, 1.54) is 0 Å². The molecule has 18 heavy (non-hydrogen) atoms. The van der Waals surface area contributed by atoms with Crippen LogP contribution in [0.1, 0.15) is 33.4 Å². The fourth-order valence-electron chi connectivity index (χ4n) is 1.13. The molecule has 0 aromatic carbocycles. The van der Waals surface area contributed by atoms with Crippen LogP contribution in [0.3, 0.4) is 0 Å². The molecular weight excluding hydrogens is 244 g/mol. The molecule has 1 aromatic rings. The Labute approximate surface area is 104 Å². The number of rotatable bonds is 2. The SMILES string of the molecule is CC(C)(C)OC(=O)n1cnc(C(C)(N)C(F)F)c1. The summed E-state index contributed by atoms with van der Waals surface area (Å²) in [5, 5.41) is 0. The standard InChI is InChI=1S/C11H17F2N3O2/c1-10(2,3)18-9(17)16-5-7(15-6-16)11(4,14)8(12)13/h5-6,8H,14H2,1-4H3. The van der Waals surface area contributed by atoms with Gasteiger partial charge >= 0.3 is 6.09 Å². The lowest BCUT2D eigenvalue weighted by molar-refractivity contribution is 0.0528. The molecular formula is C11H17F2N3O2. The Kier molecular flexibility index (Phi) is 3.75. The van der Waals surface area contributed by atoms with E-state index in [1.54, 1.807) is 20.8 Å². The third-order valence-corrected chi connectivity index (χ3v) is 2.19. The van der Waals surface area contributed by atoms with Crippen molar-refractivity contribution in [3.05, 3.63) is 18.2 Å². The fourth-order valence-corrected chi connectivity index (χ4v) is 1.13. The van der Waals surface area contributed by atoms with E-state index in [9.17, 15) is 13.6 Å². The summed E-state index contributed by atoms with van der Waals surface area (Å²) in [6.07, 6.45) is -1.21. The van der Waals surface area contributed by atoms with Crippen molar-refractivity contribution in [1.82, 2.24) is 9.55 Å². The lowest BCUT2D eigenvalue weighted by Crippen LogP contribution is -2.41. The van der Waals surface area contributed by atoms with E-state index in [-0.39, 0.29) is 5.69 Å². The highest BCUT2D eigenvalue weighted by atomic mass is 19.3. The zero-order valence-electron chi connectivity index (χ0n) is 10.8. The average Bonchev–Trinajstić information content (AvgIpc) is 2.63. The molecule has 2 N–H and O–H groups in total. The molecule has 0 aliphatic heterocycles. The largest absolute Gasteiger partial charge is 0.443 e. The number of aromatic nitrogens is 2. The normalized spacial score (nSPS) is 15.6. The summed E-state index contributed by atoms with van der Waals surface area (Å²) in [4.78, 5) is 15.4. The minimum atomic E-state index is -2.78. The van der Waals surface area contributed by atoms with Crippen molar-refractivity contribution in [2.75, 3.05) is 0 Å². The Morgan fingerprint density at radius 2 is 2.00 bits per heavy atom. The molecule has 5 nitrogen and oxygen atoms in total. The van der Waals surface area contributed by atoms with Gasteiger partial charge in [-0.05, 0) is 27.7 Å². The Balaban J connectivity index is 2.91.